The minimum absolute atomic E-state index is 0.143. The molecule has 0 aliphatic carbocycles. The van der Waals surface area contributed by atoms with E-state index in [-0.39, 0.29) is 18.7 Å². The topological polar surface area (TPSA) is 106 Å². The van der Waals surface area contributed by atoms with Crippen LogP contribution in [0.25, 0.3) is 11.0 Å². The zero-order chi connectivity index (χ0) is 21.1. The number of carbonyl (C=O) groups excluding carboxylic acids is 1. The molecule has 0 unspecified atom stereocenters. The lowest BCUT2D eigenvalue weighted by Gasteiger charge is -2.12. The summed E-state index contributed by atoms with van der Waals surface area (Å²) in [5, 5.41) is 17.0. The highest BCUT2D eigenvalue weighted by molar-refractivity contribution is 5.92. The molecule has 8 heteroatoms. The first-order chi connectivity index (χ1) is 13.8. The van der Waals surface area contributed by atoms with Crippen molar-refractivity contribution >= 4 is 28.6 Å². The standard InChI is InChI=1S/C21H24N4O4/c1-12-15(13(2)22-20-19(12)21(29-4)24-25(20)3)9-10-17(26)23-16-8-6-5-7-14(16)11-18(27)28/h5-8H,9-11H2,1-4H3,(H,23,26)(H,27,28). The van der Waals surface area contributed by atoms with Gasteiger partial charge in [0.2, 0.25) is 11.8 Å². The second-order valence-corrected chi connectivity index (χ2v) is 6.91. The number of aromatic nitrogens is 3. The SMILES string of the molecule is COc1nn(C)c2nc(C)c(CCC(=O)Nc3ccccc3CC(=O)O)c(C)c12. The van der Waals surface area contributed by atoms with E-state index in [2.05, 4.69) is 15.4 Å². The normalized spacial score (nSPS) is 10.9. The molecule has 2 heterocycles. The Kier molecular flexibility index (Phi) is 5.81. The molecule has 0 bridgehead atoms. The number of carboxylic acids is 1. The van der Waals surface area contributed by atoms with Gasteiger partial charge in [0.25, 0.3) is 0 Å². The van der Waals surface area contributed by atoms with E-state index in [4.69, 9.17) is 9.84 Å². The number of carboxylic acid groups (broad SMARTS) is 1. The quantitative estimate of drug-likeness (QED) is 0.636. The number of nitrogens with one attached hydrogen (secondary N) is 1. The Labute approximate surface area is 168 Å². The predicted octanol–water partition coefficient (Wildman–Crippen LogP) is 2.79. The molecule has 8 nitrogen and oxygen atoms in total. The van der Waals surface area contributed by atoms with Gasteiger partial charge in [-0.3, -0.25) is 9.59 Å². The van der Waals surface area contributed by atoms with Gasteiger partial charge in [-0.05, 0) is 43.0 Å². The molecule has 3 aromatic rings. The van der Waals surface area contributed by atoms with Gasteiger partial charge in [-0.2, -0.15) is 0 Å². The van der Waals surface area contributed by atoms with Crippen LogP contribution in [-0.2, 0) is 29.5 Å². The van der Waals surface area contributed by atoms with Crippen LogP contribution in [0.4, 0.5) is 5.69 Å². The molecule has 0 fully saturated rings. The average Bonchev–Trinajstić information content (AvgIpc) is 2.98. The van der Waals surface area contributed by atoms with Crippen molar-refractivity contribution in [1.82, 2.24) is 14.8 Å². The van der Waals surface area contributed by atoms with Gasteiger partial charge in [-0.1, -0.05) is 18.2 Å². The number of ether oxygens (including phenoxy) is 1. The number of hydrogen-bond donors (Lipinski definition) is 2. The first kappa shape index (κ1) is 20.3. The molecule has 2 aromatic heterocycles. The minimum atomic E-state index is -0.942. The molecule has 0 saturated carbocycles. The van der Waals surface area contributed by atoms with Crippen LogP contribution < -0.4 is 10.1 Å². The van der Waals surface area contributed by atoms with Crippen LogP contribution in [0.5, 0.6) is 5.88 Å². The third-order valence-corrected chi connectivity index (χ3v) is 4.95. The predicted molar refractivity (Wildman–Crippen MR) is 109 cm³/mol. The lowest BCUT2D eigenvalue weighted by Crippen LogP contribution is -2.15. The van der Waals surface area contributed by atoms with E-state index < -0.39 is 5.97 Å². The Morgan fingerprint density at radius 1 is 1.24 bits per heavy atom. The number of anilines is 1. The van der Waals surface area contributed by atoms with Crippen molar-refractivity contribution in [2.75, 3.05) is 12.4 Å². The number of para-hydroxylation sites is 1. The van der Waals surface area contributed by atoms with E-state index in [1.165, 1.54) is 0 Å². The fourth-order valence-corrected chi connectivity index (χ4v) is 3.52. The third kappa shape index (κ3) is 4.21. The highest BCUT2D eigenvalue weighted by Crippen LogP contribution is 2.30. The second kappa shape index (κ2) is 8.30. The molecule has 0 aliphatic rings. The highest BCUT2D eigenvalue weighted by atomic mass is 16.5. The van der Waals surface area contributed by atoms with Crippen LogP contribution in [-0.4, -0.2) is 38.9 Å². The van der Waals surface area contributed by atoms with Crippen molar-refractivity contribution in [3.8, 4) is 5.88 Å². The molecule has 1 aromatic carbocycles. The van der Waals surface area contributed by atoms with Crippen molar-refractivity contribution in [1.29, 1.82) is 0 Å². The molecule has 0 saturated heterocycles. The Morgan fingerprint density at radius 3 is 2.66 bits per heavy atom. The summed E-state index contributed by atoms with van der Waals surface area (Å²) in [5.41, 5.74) is 4.67. The summed E-state index contributed by atoms with van der Waals surface area (Å²) in [4.78, 5) is 28.2. The lowest BCUT2D eigenvalue weighted by molar-refractivity contribution is -0.136. The number of benzene rings is 1. The van der Waals surface area contributed by atoms with E-state index in [9.17, 15) is 9.59 Å². The van der Waals surface area contributed by atoms with E-state index in [1.54, 1.807) is 36.1 Å². The lowest BCUT2D eigenvalue weighted by atomic mass is 10.00. The molecule has 0 atom stereocenters. The number of aryl methyl sites for hydroxylation is 3. The summed E-state index contributed by atoms with van der Waals surface area (Å²) in [6.45, 7) is 3.90. The van der Waals surface area contributed by atoms with Crippen LogP contribution in [0.3, 0.4) is 0 Å². The molecule has 152 valence electrons. The van der Waals surface area contributed by atoms with Crippen molar-refractivity contribution in [3.63, 3.8) is 0 Å². The fourth-order valence-electron chi connectivity index (χ4n) is 3.52. The molecule has 2 N–H and O–H groups in total. The number of pyridine rings is 1. The monoisotopic (exact) mass is 396 g/mol. The maximum atomic E-state index is 12.5. The van der Waals surface area contributed by atoms with E-state index in [0.717, 1.165) is 27.9 Å². The Morgan fingerprint density at radius 2 is 1.97 bits per heavy atom. The van der Waals surface area contributed by atoms with Gasteiger partial charge in [-0.15, -0.1) is 5.10 Å². The van der Waals surface area contributed by atoms with Crippen LogP contribution in [0.15, 0.2) is 24.3 Å². The summed E-state index contributed by atoms with van der Waals surface area (Å²) >= 11 is 0. The zero-order valence-corrected chi connectivity index (χ0v) is 16.9. The van der Waals surface area contributed by atoms with Gasteiger partial charge in [0.15, 0.2) is 5.65 Å². The van der Waals surface area contributed by atoms with Crippen molar-refractivity contribution in [2.24, 2.45) is 7.05 Å². The van der Waals surface area contributed by atoms with Crippen LogP contribution >= 0.6 is 0 Å². The Hall–Kier alpha value is -3.42. The Balaban J connectivity index is 1.79. The van der Waals surface area contributed by atoms with Gasteiger partial charge < -0.3 is 15.2 Å². The number of hydrogen-bond acceptors (Lipinski definition) is 5. The first-order valence-electron chi connectivity index (χ1n) is 9.28. The largest absolute Gasteiger partial charge is 0.481 e. The summed E-state index contributed by atoms with van der Waals surface area (Å²) in [5.74, 6) is -0.608. The number of nitrogens with zero attached hydrogens (tertiary/aromatic N) is 3. The zero-order valence-electron chi connectivity index (χ0n) is 16.9. The van der Waals surface area contributed by atoms with Crippen LogP contribution in [0, 0.1) is 13.8 Å². The van der Waals surface area contributed by atoms with E-state index >= 15 is 0 Å². The fraction of sp³-hybridized carbons (Fsp3) is 0.333. The van der Waals surface area contributed by atoms with Crippen molar-refractivity contribution in [2.45, 2.75) is 33.1 Å². The smallest absolute Gasteiger partial charge is 0.307 e. The molecule has 1 amide bonds. The Bertz CT molecular complexity index is 1090. The summed E-state index contributed by atoms with van der Waals surface area (Å²) < 4.78 is 7.06. The molecule has 0 spiro atoms. The maximum Gasteiger partial charge on any atom is 0.307 e. The number of amides is 1. The van der Waals surface area contributed by atoms with Crippen LogP contribution in [0.1, 0.15) is 28.8 Å². The molecule has 3 rings (SSSR count). The van der Waals surface area contributed by atoms with Crippen molar-refractivity contribution in [3.05, 3.63) is 46.6 Å². The number of carbonyl (C=O) groups is 2. The van der Waals surface area contributed by atoms with Gasteiger partial charge >= 0.3 is 5.97 Å². The summed E-state index contributed by atoms with van der Waals surface area (Å²) in [7, 11) is 3.39. The number of rotatable bonds is 7. The second-order valence-electron chi connectivity index (χ2n) is 6.91. The van der Waals surface area contributed by atoms with E-state index in [0.29, 0.717) is 23.6 Å². The van der Waals surface area contributed by atoms with Gasteiger partial charge in [0.1, 0.15) is 0 Å². The third-order valence-electron chi connectivity index (χ3n) is 4.95. The molecular weight excluding hydrogens is 372 g/mol. The molecule has 0 aliphatic heterocycles. The van der Waals surface area contributed by atoms with Gasteiger partial charge in [0.05, 0.1) is 18.9 Å². The van der Waals surface area contributed by atoms with Crippen molar-refractivity contribution < 1.29 is 19.4 Å². The maximum absolute atomic E-state index is 12.5. The first-order valence-corrected chi connectivity index (χ1v) is 9.28. The molecule has 29 heavy (non-hydrogen) atoms. The van der Waals surface area contributed by atoms with Gasteiger partial charge in [-0.25, -0.2) is 9.67 Å². The minimum Gasteiger partial charge on any atom is -0.481 e. The number of aliphatic carboxylic acids is 1. The number of methoxy groups -OCH3 is 1. The average molecular weight is 396 g/mol. The highest BCUT2D eigenvalue weighted by Gasteiger charge is 2.18. The van der Waals surface area contributed by atoms with Gasteiger partial charge in [0, 0.05) is 24.8 Å². The molecular formula is C21H24N4O4. The van der Waals surface area contributed by atoms with Crippen LogP contribution in [0.2, 0.25) is 0 Å². The summed E-state index contributed by atoms with van der Waals surface area (Å²) in [6, 6.07) is 6.93. The van der Waals surface area contributed by atoms with E-state index in [1.807, 2.05) is 20.9 Å². The number of fused-ring (bicyclic) bond motifs is 1. The summed E-state index contributed by atoms with van der Waals surface area (Å²) in [6.07, 6.45) is 0.612. The molecule has 0 radical (unpaired) electrons.